The first-order chi connectivity index (χ1) is 15.1. The number of aryl methyl sites for hydroxylation is 4. The Labute approximate surface area is 182 Å². The maximum atomic E-state index is 13.1. The molecule has 0 saturated carbocycles. The van der Waals surface area contributed by atoms with E-state index >= 15 is 0 Å². The molecular weight excluding hydrogens is 388 g/mol. The number of benzene rings is 1. The number of aromatic nitrogens is 4. The molecule has 1 atom stereocenters. The van der Waals surface area contributed by atoms with Crippen molar-refractivity contribution in [2.45, 2.75) is 58.9 Å². The molecule has 7 nitrogen and oxygen atoms in total. The zero-order valence-corrected chi connectivity index (χ0v) is 18.4. The van der Waals surface area contributed by atoms with Crippen molar-refractivity contribution in [3.05, 3.63) is 41.5 Å². The molecule has 0 spiro atoms. The minimum atomic E-state index is -0.0703. The van der Waals surface area contributed by atoms with Gasteiger partial charge in [0.2, 0.25) is 5.91 Å². The Morgan fingerprint density at radius 2 is 2.00 bits per heavy atom. The summed E-state index contributed by atoms with van der Waals surface area (Å²) < 4.78 is 2.27. The average molecular weight is 419 g/mol. The van der Waals surface area contributed by atoms with Gasteiger partial charge in [-0.05, 0) is 56.7 Å². The van der Waals surface area contributed by atoms with E-state index in [2.05, 4.69) is 36.9 Å². The number of amides is 1. The number of imidazole rings is 1. The predicted molar refractivity (Wildman–Crippen MR) is 122 cm³/mol. The Morgan fingerprint density at radius 1 is 1.10 bits per heavy atom. The van der Waals surface area contributed by atoms with Crippen molar-refractivity contribution in [2.75, 3.05) is 23.3 Å². The van der Waals surface area contributed by atoms with Crippen molar-refractivity contribution in [1.29, 1.82) is 0 Å². The fraction of sp³-hybridized carbons (Fsp3) is 0.500. The molecule has 2 aliphatic heterocycles. The Kier molecular flexibility index (Phi) is 5.34. The van der Waals surface area contributed by atoms with Crippen LogP contribution in [0.1, 0.15) is 49.1 Å². The van der Waals surface area contributed by atoms with Crippen LogP contribution < -0.4 is 10.2 Å². The second-order valence-electron chi connectivity index (χ2n) is 8.95. The molecule has 4 heterocycles. The lowest BCUT2D eigenvalue weighted by atomic mass is 9.96. The second-order valence-corrected chi connectivity index (χ2v) is 8.95. The van der Waals surface area contributed by atoms with E-state index in [-0.39, 0.29) is 11.8 Å². The van der Waals surface area contributed by atoms with Crippen LogP contribution in [0.15, 0.2) is 24.5 Å². The van der Waals surface area contributed by atoms with Crippen LogP contribution in [-0.4, -0.2) is 38.5 Å². The van der Waals surface area contributed by atoms with Gasteiger partial charge < -0.3 is 14.8 Å². The van der Waals surface area contributed by atoms with Gasteiger partial charge in [-0.1, -0.05) is 18.6 Å². The molecule has 3 aromatic rings. The molecule has 7 heteroatoms. The number of fused-ring (bicyclic) bond motifs is 3. The third kappa shape index (κ3) is 3.89. The number of hydrogen-bond acceptors (Lipinski definition) is 5. The van der Waals surface area contributed by atoms with E-state index in [1.165, 1.54) is 19.3 Å². The topological polar surface area (TPSA) is 75.9 Å². The molecule has 2 aromatic heterocycles. The maximum Gasteiger partial charge on any atom is 0.229 e. The minimum Gasteiger partial charge on any atom is -0.354 e. The van der Waals surface area contributed by atoms with Crippen LogP contribution in [-0.2, 0) is 17.8 Å². The van der Waals surface area contributed by atoms with Gasteiger partial charge in [-0.25, -0.2) is 15.0 Å². The summed E-state index contributed by atoms with van der Waals surface area (Å²) in [6.07, 6.45) is 8.09. The number of carbonyl (C=O) groups is 1. The van der Waals surface area contributed by atoms with Crippen molar-refractivity contribution >= 4 is 28.6 Å². The minimum absolute atomic E-state index is 0.0703. The first kappa shape index (κ1) is 20.0. The molecule has 0 bridgehead atoms. The smallest absolute Gasteiger partial charge is 0.229 e. The molecule has 2 aliphatic rings. The number of nitrogens with one attached hydrogen (secondary N) is 1. The van der Waals surface area contributed by atoms with Crippen LogP contribution in [0.4, 0.5) is 11.5 Å². The molecule has 1 N–H and O–H groups in total. The lowest BCUT2D eigenvalue weighted by molar-refractivity contribution is -0.120. The summed E-state index contributed by atoms with van der Waals surface area (Å²) in [5.74, 6) is 2.01. The van der Waals surface area contributed by atoms with E-state index < -0.39 is 0 Å². The first-order valence-corrected chi connectivity index (χ1v) is 11.4. The fourth-order valence-electron chi connectivity index (χ4n) is 4.85. The zero-order valence-electron chi connectivity index (χ0n) is 18.4. The van der Waals surface area contributed by atoms with E-state index in [1.54, 1.807) is 6.33 Å². The molecule has 0 radical (unpaired) electrons. The van der Waals surface area contributed by atoms with E-state index in [9.17, 15) is 4.79 Å². The van der Waals surface area contributed by atoms with Crippen LogP contribution in [0.2, 0.25) is 0 Å². The van der Waals surface area contributed by atoms with Gasteiger partial charge in [0.05, 0.1) is 5.92 Å². The van der Waals surface area contributed by atoms with Crippen LogP contribution >= 0.6 is 0 Å². The van der Waals surface area contributed by atoms with Crippen LogP contribution in [0.5, 0.6) is 0 Å². The summed E-state index contributed by atoms with van der Waals surface area (Å²) in [4.78, 5) is 29.4. The van der Waals surface area contributed by atoms with E-state index in [0.717, 1.165) is 72.0 Å². The molecule has 0 unspecified atom stereocenters. The average Bonchev–Trinajstić information content (AvgIpc) is 2.97. The molecular formula is C24H30N6O. The van der Waals surface area contributed by atoms with Gasteiger partial charge >= 0.3 is 0 Å². The first-order valence-electron chi connectivity index (χ1n) is 11.4. The van der Waals surface area contributed by atoms with Gasteiger partial charge in [0.25, 0.3) is 0 Å². The number of anilines is 2. The normalized spacial score (nSPS) is 19.2. The highest BCUT2D eigenvalue weighted by Crippen LogP contribution is 2.30. The zero-order chi connectivity index (χ0) is 21.4. The number of rotatable bonds is 3. The molecule has 1 amide bonds. The fourth-order valence-corrected chi connectivity index (χ4v) is 4.85. The third-order valence-electron chi connectivity index (χ3n) is 6.62. The molecule has 1 aromatic carbocycles. The second kappa shape index (κ2) is 8.29. The number of nitrogens with zero attached hydrogens (tertiary/aromatic N) is 5. The van der Waals surface area contributed by atoms with Gasteiger partial charge in [0.1, 0.15) is 12.2 Å². The standard InChI is InChI=1S/C24H30N6O/c1-16-9-10-17(2)19(13-16)27-24(31)18-7-6-11-29(14-18)22-21-23(26-15-25-22)30-12-5-3-4-8-20(30)28-21/h9-10,13,15,18H,3-8,11-12,14H2,1-2H3,(H,27,31)/t18-/m1/s1. The van der Waals surface area contributed by atoms with Crippen LogP contribution in [0.3, 0.4) is 0 Å². The summed E-state index contributed by atoms with van der Waals surface area (Å²) >= 11 is 0. The highest BCUT2D eigenvalue weighted by Gasteiger charge is 2.29. The summed E-state index contributed by atoms with van der Waals surface area (Å²) in [5, 5.41) is 3.16. The monoisotopic (exact) mass is 418 g/mol. The van der Waals surface area contributed by atoms with Crippen LogP contribution in [0, 0.1) is 19.8 Å². The van der Waals surface area contributed by atoms with Crippen molar-refractivity contribution in [3.63, 3.8) is 0 Å². The molecule has 0 aliphatic carbocycles. The number of hydrogen-bond donors (Lipinski definition) is 1. The van der Waals surface area contributed by atoms with Gasteiger partial charge in [0.15, 0.2) is 17.0 Å². The van der Waals surface area contributed by atoms with Crippen molar-refractivity contribution in [3.8, 4) is 0 Å². The third-order valence-corrected chi connectivity index (χ3v) is 6.62. The summed E-state index contributed by atoms with van der Waals surface area (Å²) in [6.45, 7) is 6.60. The Hall–Kier alpha value is -2.96. The van der Waals surface area contributed by atoms with E-state index in [4.69, 9.17) is 4.98 Å². The highest BCUT2D eigenvalue weighted by molar-refractivity contribution is 5.94. The van der Waals surface area contributed by atoms with Gasteiger partial charge in [0, 0.05) is 31.7 Å². The number of piperidine rings is 1. The van der Waals surface area contributed by atoms with E-state index in [1.807, 2.05) is 19.9 Å². The Balaban J connectivity index is 1.38. The quantitative estimate of drug-likeness (QED) is 0.695. The molecule has 1 fully saturated rings. The van der Waals surface area contributed by atoms with Crippen molar-refractivity contribution < 1.29 is 4.79 Å². The lowest BCUT2D eigenvalue weighted by Gasteiger charge is -2.33. The van der Waals surface area contributed by atoms with Crippen molar-refractivity contribution in [1.82, 2.24) is 19.5 Å². The summed E-state index contributed by atoms with van der Waals surface area (Å²) in [5.41, 5.74) is 4.96. The molecule has 31 heavy (non-hydrogen) atoms. The largest absolute Gasteiger partial charge is 0.354 e. The molecule has 1 saturated heterocycles. The van der Waals surface area contributed by atoms with E-state index in [0.29, 0.717) is 6.54 Å². The Bertz CT molecular complexity index is 1120. The predicted octanol–water partition coefficient (Wildman–Crippen LogP) is 4.02. The summed E-state index contributed by atoms with van der Waals surface area (Å²) in [7, 11) is 0. The maximum absolute atomic E-state index is 13.1. The van der Waals surface area contributed by atoms with Gasteiger partial charge in [-0.15, -0.1) is 0 Å². The number of carbonyl (C=O) groups excluding carboxylic acids is 1. The highest BCUT2D eigenvalue weighted by atomic mass is 16.1. The lowest BCUT2D eigenvalue weighted by Crippen LogP contribution is -2.41. The Morgan fingerprint density at radius 3 is 2.90 bits per heavy atom. The van der Waals surface area contributed by atoms with Gasteiger partial charge in [-0.2, -0.15) is 0 Å². The summed E-state index contributed by atoms with van der Waals surface area (Å²) in [6, 6.07) is 6.17. The van der Waals surface area contributed by atoms with Crippen LogP contribution in [0.25, 0.3) is 11.2 Å². The van der Waals surface area contributed by atoms with Gasteiger partial charge in [-0.3, -0.25) is 4.79 Å². The molecule has 5 rings (SSSR count). The molecule has 162 valence electrons. The van der Waals surface area contributed by atoms with Crippen molar-refractivity contribution in [2.24, 2.45) is 5.92 Å². The SMILES string of the molecule is Cc1ccc(C)c(NC(=O)[C@@H]2CCCN(c3ncnc4c3nc3n4CCCCC3)C2)c1.